The topological polar surface area (TPSA) is 67.3 Å². The van der Waals surface area contributed by atoms with E-state index in [0.717, 1.165) is 22.4 Å². The third kappa shape index (κ3) is 3.87. The number of hydrogen-bond acceptors (Lipinski definition) is 5. The zero-order chi connectivity index (χ0) is 20.2. The number of rotatable bonds is 5. The molecule has 4 rings (SSSR count). The molecule has 4 aromatic rings. The van der Waals surface area contributed by atoms with E-state index in [-0.39, 0.29) is 5.91 Å². The van der Waals surface area contributed by atoms with Gasteiger partial charge in [0.05, 0.1) is 5.52 Å². The number of nitrogens with zero attached hydrogens (tertiary/aromatic N) is 3. The Morgan fingerprint density at radius 2 is 1.55 bits per heavy atom. The molecule has 6 heteroatoms. The highest BCUT2D eigenvalue weighted by Gasteiger charge is 2.10. The van der Waals surface area contributed by atoms with Gasteiger partial charge < -0.3 is 15.0 Å². The van der Waals surface area contributed by atoms with Crippen LogP contribution < -0.4 is 15.0 Å². The van der Waals surface area contributed by atoms with Gasteiger partial charge in [0.25, 0.3) is 5.91 Å². The summed E-state index contributed by atoms with van der Waals surface area (Å²) in [5.41, 5.74) is 2.48. The molecule has 0 spiro atoms. The zero-order valence-corrected chi connectivity index (χ0v) is 16.2. The van der Waals surface area contributed by atoms with Gasteiger partial charge in [0.2, 0.25) is 0 Å². The fourth-order valence-corrected chi connectivity index (χ4v) is 3.07. The van der Waals surface area contributed by atoms with Crippen LogP contribution in [0.2, 0.25) is 0 Å². The van der Waals surface area contributed by atoms with E-state index in [1.807, 2.05) is 60.5 Å². The van der Waals surface area contributed by atoms with E-state index >= 15 is 0 Å². The molecule has 6 nitrogen and oxygen atoms in total. The molecule has 0 unspecified atom stereocenters. The molecule has 29 heavy (non-hydrogen) atoms. The van der Waals surface area contributed by atoms with Gasteiger partial charge in [-0.3, -0.25) is 4.79 Å². The van der Waals surface area contributed by atoms with Crippen molar-refractivity contribution in [2.24, 2.45) is 0 Å². The monoisotopic (exact) mass is 384 g/mol. The van der Waals surface area contributed by atoms with Crippen molar-refractivity contribution in [2.45, 2.75) is 0 Å². The van der Waals surface area contributed by atoms with Gasteiger partial charge in [0, 0.05) is 30.7 Å². The molecule has 1 heterocycles. The summed E-state index contributed by atoms with van der Waals surface area (Å²) in [6.45, 7) is 0. The van der Waals surface area contributed by atoms with E-state index in [4.69, 9.17) is 4.74 Å². The number of fused-ring (bicyclic) bond motifs is 1. The maximum atomic E-state index is 11.6. The normalized spacial score (nSPS) is 10.6. The van der Waals surface area contributed by atoms with Crippen LogP contribution in [0.3, 0.4) is 0 Å². The van der Waals surface area contributed by atoms with Crippen molar-refractivity contribution in [3.05, 3.63) is 84.7 Å². The van der Waals surface area contributed by atoms with Crippen molar-refractivity contribution in [3.63, 3.8) is 0 Å². The van der Waals surface area contributed by atoms with Crippen molar-refractivity contribution in [1.82, 2.24) is 15.3 Å². The fraction of sp³-hybridized carbons (Fsp3) is 0.0870. The van der Waals surface area contributed by atoms with Crippen LogP contribution in [-0.2, 0) is 0 Å². The maximum absolute atomic E-state index is 11.6. The first kappa shape index (κ1) is 18.4. The predicted octanol–water partition coefficient (Wildman–Crippen LogP) is 4.55. The first-order chi connectivity index (χ1) is 14.2. The SMILES string of the molecule is CNC(=O)c1ccc(Oc2ccc(N(C)c3ncnc4ccccc34)cc2)cc1. The summed E-state index contributed by atoms with van der Waals surface area (Å²) in [6, 6.07) is 22.7. The summed E-state index contributed by atoms with van der Waals surface area (Å²) in [4.78, 5) is 22.4. The highest BCUT2D eigenvalue weighted by molar-refractivity contribution is 5.94. The molecular formula is C23H20N4O2. The van der Waals surface area contributed by atoms with Crippen molar-refractivity contribution < 1.29 is 9.53 Å². The van der Waals surface area contributed by atoms with Gasteiger partial charge in [0.15, 0.2) is 0 Å². The lowest BCUT2D eigenvalue weighted by Crippen LogP contribution is -2.17. The molecule has 1 amide bonds. The van der Waals surface area contributed by atoms with Crippen LogP contribution in [-0.4, -0.2) is 30.0 Å². The third-order valence-corrected chi connectivity index (χ3v) is 4.64. The van der Waals surface area contributed by atoms with E-state index < -0.39 is 0 Å². The van der Waals surface area contributed by atoms with E-state index in [2.05, 4.69) is 15.3 Å². The zero-order valence-electron chi connectivity index (χ0n) is 16.2. The molecule has 1 N–H and O–H groups in total. The number of carbonyl (C=O) groups is 1. The van der Waals surface area contributed by atoms with Gasteiger partial charge in [-0.1, -0.05) is 12.1 Å². The molecule has 0 aliphatic carbocycles. The van der Waals surface area contributed by atoms with Gasteiger partial charge in [-0.2, -0.15) is 0 Å². The minimum Gasteiger partial charge on any atom is -0.457 e. The molecule has 0 aliphatic rings. The standard InChI is InChI=1S/C23H20N4O2/c1-24-23(28)16-7-11-18(12-8-16)29-19-13-9-17(10-14-19)27(2)22-20-5-3-4-6-21(20)25-15-26-22/h3-15H,1-2H3,(H,24,28). The first-order valence-electron chi connectivity index (χ1n) is 9.19. The van der Waals surface area contributed by atoms with Crippen molar-refractivity contribution in [3.8, 4) is 11.5 Å². The number of amides is 1. The Hall–Kier alpha value is -3.93. The number of nitrogens with one attached hydrogen (secondary N) is 1. The van der Waals surface area contributed by atoms with E-state index in [9.17, 15) is 4.79 Å². The summed E-state index contributed by atoms with van der Waals surface area (Å²) in [5.74, 6) is 2.10. The van der Waals surface area contributed by atoms with Crippen LogP contribution in [0.15, 0.2) is 79.1 Å². The number of carbonyl (C=O) groups excluding carboxylic acids is 1. The minimum atomic E-state index is -0.124. The molecule has 0 aliphatic heterocycles. The third-order valence-electron chi connectivity index (χ3n) is 4.64. The lowest BCUT2D eigenvalue weighted by atomic mass is 10.2. The van der Waals surface area contributed by atoms with Crippen molar-refractivity contribution in [2.75, 3.05) is 19.0 Å². The van der Waals surface area contributed by atoms with Crippen LogP contribution >= 0.6 is 0 Å². The minimum absolute atomic E-state index is 0.124. The quantitative estimate of drug-likeness (QED) is 0.547. The smallest absolute Gasteiger partial charge is 0.251 e. The second-order valence-corrected chi connectivity index (χ2v) is 6.47. The average Bonchev–Trinajstić information content (AvgIpc) is 2.78. The number of para-hydroxylation sites is 1. The van der Waals surface area contributed by atoms with E-state index in [1.165, 1.54) is 0 Å². The molecular weight excluding hydrogens is 364 g/mol. The molecule has 0 radical (unpaired) electrons. The van der Waals surface area contributed by atoms with Gasteiger partial charge >= 0.3 is 0 Å². The number of benzene rings is 3. The summed E-state index contributed by atoms with van der Waals surface area (Å²) in [6.07, 6.45) is 1.58. The average molecular weight is 384 g/mol. The Bertz CT molecular complexity index is 1140. The number of ether oxygens (including phenoxy) is 1. The van der Waals surface area contributed by atoms with Crippen molar-refractivity contribution >= 4 is 28.3 Å². The van der Waals surface area contributed by atoms with Crippen LogP contribution in [0.4, 0.5) is 11.5 Å². The second-order valence-electron chi connectivity index (χ2n) is 6.47. The van der Waals surface area contributed by atoms with E-state index in [0.29, 0.717) is 17.1 Å². The summed E-state index contributed by atoms with van der Waals surface area (Å²) < 4.78 is 5.88. The number of aromatic nitrogens is 2. The highest BCUT2D eigenvalue weighted by Crippen LogP contribution is 2.30. The Kier molecular flexibility index (Phi) is 5.07. The summed E-state index contributed by atoms with van der Waals surface area (Å²) in [7, 11) is 3.58. The van der Waals surface area contributed by atoms with Crippen LogP contribution in [0.5, 0.6) is 11.5 Å². The molecule has 0 atom stereocenters. The van der Waals surface area contributed by atoms with Crippen molar-refractivity contribution in [1.29, 1.82) is 0 Å². The summed E-state index contributed by atoms with van der Waals surface area (Å²) in [5, 5.41) is 3.59. The van der Waals surface area contributed by atoms with E-state index in [1.54, 1.807) is 37.6 Å². The highest BCUT2D eigenvalue weighted by atomic mass is 16.5. The lowest BCUT2D eigenvalue weighted by Gasteiger charge is -2.20. The largest absolute Gasteiger partial charge is 0.457 e. The predicted molar refractivity (Wildman–Crippen MR) is 114 cm³/mol. The van der Waals surface area contributed by atoms with Crippen LogP contribution in [0, 0.1) is 0 Å². The molecule has 1 aromatic heterocycles. The first-order valence-corrected chi connectivity index (χ1v) is 9.19. The molecule has 0 saturated carbocycles. The Balaban J connectivity index is 1.52. The van der Waals surface area contributed by atoms with Gasteiger partial charge in [0.1, 0.15) is 23.6 Å². The molecule has 0 bridgehead atoms. The Morgan fingerprint density at radius 3 is 2.24 bits per heavy atom. The van der Waals surface area contributed by atoms with Gasteiger partial charge in [-0.05, 0) is 60.7 Å². The lowest BCUT2D eigenvalue weighted by molar-refractivity contribution is 0.0963. The maximum Gasteiger partial charge on any atom is 0.251 e. The molecule has 144 valence electrons. The second kappa shape index (κ2) is 7.98. The van der Waals surface area contributed by atoms with Gasteiger partial charge in [-0.25, -0.2) is 9.97 Å². The Labute approximate surface area is 168 Å². The van der Waals surface area contributed by atoms with Crippen LogP contribution in [0.1, 0.15) is 10.4 Å². The van der Waals surface area contributed by atoms with Crippen LogP contribution in [0.25, 0.3) is 10.9 Å². The number of hydrogen-bond donors (Lipinski definition) is 1. The fourth-order valence-electron chi connectivity index (χ4n) is 3.07. The molecule has 3 aromatic carbocycles. The number of anilines is 2. The Morgan fingerprint density at radius 1 is 0.897 bits per heavy atom. The van der Waals surface area contributed by atoms with Gasteiger partial charge in [-0.15, -0.1) is 0 Å². The molecule has 0 fully saturated rings. The summed E-state index contributed by atoms with van der Waals surface area (Å²) >= 11 is 0. The molecule has 0 saturated heterocycles.